The normalized spacial score (nSPS) is 12.0. The lowest BCUT2D eigenvalue weighted by Crippen LogP contribution is -2.12. The topological polar surface area (TPSA) is 58.9 Å². The highest BCUT2D eigenvalue weighted by Crippen LogP contribution is 2.18. The lowest BCUT2D eigenvalue weighted by atomic mass is 10.0. The SMILES string of the molecule is CC(O)COc1ccc(Cc2ccc(OCCO)cc2)cc1. The molecule has 0 bridgehead atoms. The van der Waals surface area contributed by atoms with Gasteiger partial charge in [0.25, 0.3) is 0 Å². The van der Waals surface area contributed by atoms with E-state index in [1.54, 1.807) is 6.92 Å². The summed E-state index contributed by atoms with van der Waals surface area (Å²) in [6, 6.07) is 15.7. The standard InChI is InChI=1S/C18H22O4/c1-14(20)13-22-18-8-4-16(5-9-18)12-15-2-6-17(7-3-15)21-11-10-19/h2-9,14,19-20H,10-13H2,1H3. The third-order valence-electron chi connectivity index (χ3n) is 3.11. The van der Waals surface area contributed by atoms with E-state index in [1.807, 2.05) is 48.5 Å². The van der Waals surface area contributed by atoms with Gasteiger partial charge in [-0.3, -0.25) is 0 Å². The van der Waals surface area contributed by atoms with Crippen LogP contribution >= 0.6 is 0 Å². The number of rotatable bonds is 8. The first-order valence-corrected chi connectivity index (χ1v) is 7.40. The Hall–Kier alpha value is -2.04. The van der Waals surface area contributed by atoms with Gasteiger partial charge in [-0.05, 0) is 48.7 Å². The predicted molar refractivity (Wildman–Crippen MR) is 85.4 cm³/mol. The van der Waals surface area contributed by atoms with Crippen LogP contribution in [0.5, 0.6) is 11.5 Å². The lowest BCUT2D eigenvalue weighted by molar-refractivity contribution is 0.122. The minimum atomic E-state index is -0.466. The van der Waals surface area contributed by atoms with Crippen molar-refractivity contribution in [3.63, 3.8) is 0 Å². The van der Waals surface area contributed by atoms with E-state index in [2.05, 4.69) is 0 Å². The molecule has 0 aromatic heterocycles. The third kappa shape index (κ3) is 5.39. The Labute approximate surface area is 130 Å². The average Bonchev–Trinajstić information content (AvgIpc) is 2.53. The van der Waals surface area contributed by atoms with Crippen molar-refractivity contribution in [1.29, 1.82) is 0 Å². The van der Waals surface area contributed by atoms with Crippen molar-refractivity contribution in [3.05, 3.63) is 59.7 Å². The Kier molecular flexibility index (Phi) is 6.25. The van der Waals surface area contributed by atoms with Gasteiger partial charge in [-0.1, -0.05) is 24.3 Å². The van der Waals surface area contributed by atoms with E-state index in [0.717, 1.165) is 17.9 Å². The fraction of sp³-hybridized carbons (Fsp3) is 0.333. The molecule has 118 valence electrons. The van der Waals surface area contributed by atoms with Crippen molar-refractivity contribution in [2.24, 2.45) is 0 Å². The van der Waals surface area contributed by atoms with E-state index in [-0.39, 0.29) is 6.61 Å². The second-order valence-corrected chi connectivity index (χ2v) is 5.20. The van der Waals surface area contributed by atoms with E-state index >= 15 is 0 Å². The summed E-state index contributed by atoms with van der Waals surface area (Å²) in [5.41, 5.74) is 2.38. The van der Waals surface area contributed by atoms with Crippen molar-refractivity contribution in [2.75, 3.05) is 19.8 Å². The quantitative estimate of drug-likeness (QED) is 0.786. The Morgan fingerprint density at radius 1 is 0.864 bits per heavy atom. The largest absolute Gasteiger partial charge is 0.491 e. The molecule has 0 fully saturated rings. The molecule has 0 amide bonds. The Balaban J connectivity index is 1.90. The molecule has 0 saturated heterocycles. The van der Waals surface area contributed by atoms with Crippen LogP contribution in [0, 0.1) is 0 Å². The van der Waals surface area contributed by atoms with Gasteiger partial charge in [0.05, 0.1) is 12.7 Å². The molecule has 2 aromatic rings. The first kappa shape index (κ1) is 16.3. The molecule has 2 aromatic carbocycles. The lowest BCUT2D eigenvalue weighted by Gasteiger charge is -2.09. The maximum atomic E-state index is 9.19. The maximum Gasteiger partial charge on any atom is 0.119 e. The van der Waals surface area contributed by atoms with Crippen LogP contribution in [0.4, 0.5) is 0 Å². The molecule has 22 heavy (non-hydrogen) atoms. The summed E-state index contributed by atoms with van der Waals surface area (Å²) in [6.07, 6.45) is 0.364. The maximum absolute atomic E-state index is 9.19. The minimum absolute atomic E-state index is 0.0191. The van der Waals surface area contributed by atoms with Gasteiger partial charge in [0.1, 0.15) is 24.7 Å². The Bertz CT molecular complexity index is 546. The van der Waals surface area contributed by atoms with E-state index in [4.69, 9.17) is 14.6 Å². The minimum Gasteiger partial charge on any atom is -0.491 e. The molecule has 0 aliphatic rings. The van der Waals surface area contributed by atoms with Crippen LogP contribution in [0.15, 0.2) is 48.5 Å². The zero-order chi connectivity index (χ0) is 15.8. The van der Waals surface area contributed by atoms with Crippen molar-refractivity contribution in [2.45, 2.75) is 19.4 Å². The number of aliphatic hydroxyl groups is 2. The van der Waals surface area contributed by atoms with Gasteiger partial charge < -0.3 is 19.7 Å². The van der Waals surface area contributed by atoms with E-state index < -0.39 is 6.10 Å². The molecule has 2 rings (SSSR count). The summed E-state index contributed by atoms with van der Waals surface area (Å²) in [5, 5.41) is 17.9. The van der Waals surface area contributed by atoms with Crippen LogP contribution in [0.3, 0.4) is 0 Å². The summed E-state index contributed by atoms with van der Waals surface area (Å²) in [7, 11) is 0. The predicted octanol–water partition coefficient (Wildman–Crippen LogP) is 2.41. The molecule has 0 aliphatic heterocycles. The summed E-state index contributed by atoms with van der Waals surface area (Å²) in [4.78, 5) is 0. The van der Waals surface area contributed by atoms with Gasteiger partial charge in [-0.2, -0.15) is 0 Å². The van der Waals surface area contributed by atoms with Crippen molar-refractivity contribution >= 4 is 0 Å². The molecule has 4 nitrogen and oxygen atoms in total. The van der Waals surface area contributed by atoms with Gasteiger partial charge in [0, 0.05) is 0 Å². The van der Waals surface area contributed by atoms with Crippen molar-refractivity contribution < 1.29 is 19.7 Å². The molecule has 1 unspecified atom stereocenters. The van der Waals surface area contributed by atoms with Crippen molar-refractivity contribution in [3.8, 4) is 11.5 Å². The van der Waals surface area contributed by atoms with E-state index in [0.29, 0.717) is 13.2 Å². The van der Waals surface area contributed by atoms with Crippen LogP contribution in [-0.2, 0) is 6.42 Å². The van der Waals surface area contributed by atoms with Gasteiger partial charge in [-0.25, -0.2) is 0 Å². The number of ether oxygens (including phenoxy) is 2. The molecule has 1 atom stereocenters. The fourth-order valence-electron chi connectivity index (χ4n) is 2.02. The highest BCUT2D eigenvalue weighted by Gasteiger charge is 2.01. The highest BCUT2D eigenvalue weighted by molar-refractivity contribution is 5.34. The zero-order valence-corrected chi connectivity index (χ0v) is 12.7. The van der Waals surface area contributed by atoms with Crippen LogP contribution in [0.25, 0.3) is 0 Å². The Morgan fingerprint density at radius 2 is 1.36 bits per heavy atom. The zero-order valence-electron chi connectivity index (χ0n) is 12.7. The molecule has 2 N–H and O–H groups in total. The third-order valence-corrected chi connectivity index (χ3v) is 3.11. The molecular formula is C18H22O4. The second-order valence-electron chi connectivity index (χ2n) is 5.20. The second kappa shape index (κ2) is 8.41. The number of hydrogen-bond acceptors (Lipinski definition) is 4. The van der Waals surface area contributed by atoms with E-state index in [1.165, 1.54) is 11.1 Å². The van der Waals surface area contributed by atoms with Gasteiger partial charge in [-0.15, -0.1) is 0 Å². The summed E-state index contributed by atoms with van der Waals surface area (Å²) >= 11 is 0. The monoisotopic (exact) mass is 302 g/mol. The van der Waals surface area contributed by atoms with Crippen LogP contribution in [-0.4, -0.2) is 36.1 Å². The summed E-state index contributed by atoms with van der Waals surface area (Å²) < 4.78 is 10.8. The molecule has 0 aliphatic carbocycles. The number of benzene rings is 2. The first-order valence-electron chi connectivity index (χ1n) is 7.40. The molecule has 0 spiro atoms. The molecule has 0 heterocycles. The van der Waals surface area contributed by atoms with Crippen LogP contribution < -0.4 is 9.47 Å². The molecule has 0 radical (unpaired) electrons. The van der Waals surface area contributed by atoms with Gasteiger partial charge in [0.2, 0.25) is 0 Å². The van der Waals surface area contributed by atoms with Crippen LogP contribution in [0.1, 0.15) is 18.1 Å². The summed E-state index contributed by atoms with van der Waals surface area (Å²) in [6.45, 7) is 2.33. The van der Waals surface area contributed by atoms with Crippen LogP contribution in [0.2, 0.25) is 0 Å². The average molecular weight is 302 g/mol. The van der Waals surface area contributed by atoms with Gasteiger partial charge in [0.15, 0.2) is 0 Å². The Morgan fingerprint density at radius 3 is 1.82 bits per heavy atom. The van der Waals surface area contributed by atoms with E-state index in [9.17, 15) is 5.11 Å². The number of aliphatic hydroxyl groups excluding tert-OH is 2. The van der Waals surface area contributed by atoms with Crippen molar-refractivity contribution in [1.82, 2.24) is 0 Å². The smallest absolute Gasteiger partial charge is 0.119 e. The molecule has 0 saturated carbocycles. The first-order chi connectivity index (χ1) is 10.7. The fourth-order valence-corrected chi connectivity index (χ4v) is 2.02. The number of hydrogen-bond donors (Lipinski definition) is 2. The summed E-state index contributed by atoms with van der Waals surface area (Å²) in [5.74, 6) is 1.53. The molecule has 4 heteroatoms. The molecular weight excluding hydrogens is 280 g/mol. The van der Waals surface area contributed by atoms with Gasteiger partial charge >= 0.3 is 0 Å². The highest BCUT2D eigenvalue weighted by atomic mass is 16.5.